The van der Waals surface area contributed by atoms with E-state index in [4.69, 9.17) is 27.7 Å². The molecule has 0 aromatic heterocycles. The standard InChI is InChI=1S/C22H46N6O4/c1-32-16-15-27-22(31)19(28-21(30)18(26)10-6-8-14-24)11-3-2-4-12-20(29)17(25)9-5-7-13-23/h17-19H,2-16,23-26H2,1H3,(H,27,31)(H,28,30). The molecule has 0 radical (unpaired) electrons. The van der Waals surface area contributed by atoms with Crippen molar-refractivity contribution >= 4 is 17.6 Å². The van der Waals surface area contributed by atoms with Crippen LogP contribution < -0.4 is 33.6 Å². The van der Waals surface area contributed by atoms with Crippen LogP contribution in [0.15, 0.2) is 0 Å². The molecule has 0 aliphatic heterocycles. The van der Waals surface area contributed by atoms with Gasteiger partial charge in [-0.1, -0.05) is 25.7 Å². The minimum absolute atomic E-state index is 0.0626. The highest BCUT2D eigenvalue weighted by Gasteiger charge is 2.23. The summed E-state index contributed by atoms with van der Waals surface area (Å²) in [5.41, 5.74) is 22.8. The molecule has 3 unspecified atom stereocenters. The summed E-state index contributed by atoms with van der Waals surface area (Å²) in [7, 11) is 1.55. The normalized spacial score (nSPS) is 13.9. The van der Waals surface area contributed by atoms with Crippen molar-refractivity contribution in [2.24, 2.45) is 22.9 Å². The summed E-state index contributed by atoms with van der Waals surface area (Å²) in [6.45, 7) is 1.91. The summed E-state index contributed by atoms with van der Waals surface area (Å²) in [5, 5.41) is 5.53. The Labute approximate surface area is 192 Å². The first-order chi connectivity index (χ1) is 15.4. The van der Waals surface area contributed by atoms with Crippen molar-refractivity contribution in [2.45, 2.75) is 88.8 Å². The number of nitrogens with one attached hydrogen (secondary N) is 2. The van der Waals surface area contributed by atoms with Crippen molar-refractivity contribution in [3.8, 4) is 0 Å². The van der Waals surface area contributed by atoms with Crippen LogP contribution >= 0.6 is 0 Å². The number of nitrogens with two attached hydrogens (primary N) is 4. The van der Waals surface area contributed by atoms with E-state index in [1.54, 1.807) is 7.11 Å². The number of hydrogen-bond acceptors (Lipinski definition) is 8. The number of amides is 2. The molecule has 2 amide bonds. The number of methoxy groups -OCH3 is 1. The number of unbranched alkanes of at least 4 members (excludes halogenated alkanes) is 4. The third-order valence-electron chi connectivity index (χ3n) is 5.34. The first-order valence-electron chi connectivity index (χ1n) is 11.9. The van der Waals surface area contributed by atoms with Crippen molar-refractivity contribution in [1.82, 2.24) is 10.6 Å². The maximum absolute atomic E-state index is 12.5. The third-order valence-corrected chi connectivity index (χ3v) is 5.34. The van der Waals surface area contributed by atoms with Crippen molar-refractivity contribution in [3.63, 3.8) is 0 Å². The van der Waals surface area contributed by atoms with E-state index < -0.39 is 18.1 Å². The van der Waals surface area contributed by atoms with E-state index in [1.165, 1.54) is 0 Å². The lowest BCUT2D eigenvalue weighted by Crippen LogP contribution is -2.52. The summed E-state index contributed by atoms with van der Waals surface area (Å²) in [4.78, 5) is 37.0. The van der Waals surface area contributed by atoms with Gasteiger partial charge in [-0.05, 0) is 51.6 Å². The lowest BCUT2D eigenvalue weighted by molar-refractivity contribution is -0.130. The smallest absolute Gasteiger partial charge is 0.242 e. The fourth-order valence-electron chi connectivity index (χ4n) is 3.27. The molecule has 188 valence electrons. The highest BCUT2D eigenvalue weighted by atomic mass is 16.5. The van der Waals surface area contributed by atoms with Gasteiger partial charge in [0.25, 0.3) is 0 Å². The first-order valence-corrected chi connectivity index (χ1v) is 11.9. The van der Waals surface area contributed by atoms with Gasteiger partial charge < -0.3 is 38.3 Å². The molecule has 10 nitrogen and oxygen atoms in total. The lowest BCUT2D eigenvalue weighted by atomic mass is 10.00. The summed E-state index contributed by atoms with van der Waals surface area (Å²) in [5.74, 6) is -0.539. The summed E-state index contributed by atoms with van der Waals surface area (Å²) >= 11 is 0. The molecule has 0 bridgehead atoms. The van der Waals surface area contributed by atoms with Crippen LogP contribution in [-0.4, -0.2) is 69.1 Å². The predicted molar refractivity (Wildman–Crippen MR) is 127 cm³/mol. The molecule has 0 aromatic carbocycles. The third kappa shape index (κ3) is 15.3. The summed E-state index contributed by atoms with van der Waals surface area (Å²) in [6, 6.07) is -1.77. The molecule has 10 heteroatoms. The van der Waals surface area contributed by atoms with E-state index in [1.807, 2.05) is 0 Å². The number of rotatable bonds is 21. The zero-order chi connectivity index (χ0) is 24.2. The molecule has 10 N–H and O–H groups in total. The Morgan fingerprint density at radius 3 is 1.97 bits per heavy atom. The number of carbonyl (C=O) groups is 3. The molecule has 0 heterocycles. The zero-order valence-corrected chi connectivity index (χ0v) is 19.8. The van der Waals surface area contributed by atoms with E-state index in [9.17, 15) is 14.4 Å². The van der Waals surface area contributed by atoms with Crippen LogP contribution in [0.2, 0.25) is 0 Å². The van der Waals surface area contributed by atoms with Gasteiger partial charge in [0.1, 0.15) is 11.8 Å². The van der Waals surface area contributed by atoms with Gasteiger partial charge in [-0.25, -0.2) is 0 Å². The molecule has 32 heavy (non-hydrogen) atoms. The number of hydrogen-bond donors (Lipinski definition) is 6. The Hall–Kier alpha value is -1.59. The van der Waals surface area contributed by atoms with Crippen LogP contribution in [0.4, 0.5) is 0 Å². The van der Waals surface area contributed by atoms with Crippen molar-refractivity contribution in [1.29, 1.82) is 0 Å². The molecule has 0 aliphatic carbocycles. The Balaban J connectivity index is 4.47. The molecule has 0 fully saturated rings. The van der Waals surface area contributed by atoms with Crippen LogP contribution in [0.1, 0.15) is 70.6 Å². The minimum atomic E-state index is -0.672. The molecular weight excluding hydrogens is 412 g/mol. The van der Waals surface area contributed by atoms with E-state index in [2.05, 4.69) is 10.6 Å². The number of Topliss-reactive ketones (excluding diaryl/α,β-unsaturated/α-hetero) is 1. The van der Waals surface area contributed by atoms with Gasteiger partial charge >= 0.3 is 0 Å². The summed E-state index contributed by atoms with van der Waals surface area (Å²) < 4.78 is 4.95. The Bertz CT molecular complexity index is 521. The molecule has 0 saturated carbocycles. The average Bonchev–Trinajstić information content (AvgIpc) is 2.77. The van der Waals surface area contributed by atoms with Gasteiger partial charge in [0.2, 0.25) is 11.8 Å². The maximum atomic E-state index is 12.5. The number of ether oxygens (including phenoxy) is 1. The monoisotopic (exact) mass is 458 g/mol. The second-order valence-corrected chi connectivity index (χ2v) is 8.19. The SMILES string of the molecule is COCCNC(=O)C(CCCCCC(=O)C(N)CCCCN)NC(=O)C(N)CCCCN. The van der Waals surface area contributed by atoms with E-state index in [0.717, 1.165) is 32.1 Å². The molecule has 0 spiro atoms. The molecule has 0 rings (SSSR count). The van der Waals surface area contributed by atoms with Gasteiger partial charge in [0.05, 0.1) is 18.7 Å². The van der Waals surface area contributed by atoms with Gasteiger partial charge in [-0.3, -0.25) is 14.4 Å². The molecular formula is C22H46N6O4. The largest absolute Gasteiger partial charge is 0.383 e. The fourth-order valence-corrected chi connectivity index (χ4v) is 3.27. The van der Waals surface area contributed by atoms with Crippen LogP contribution in [0.5, 0.6) is 0 Å². The highest BCUT2D eigenvalue weighted by molar-refractivity contribution is 5.89. The topological polar surface area (TPSA) is 189 Å². The Morgan fingerprint density at radius 1 is 0.781 bits per heavy atom. The second-order valence-electron chi connectivity index (χ2n) is 8.19. The van der Waals surface area contributed by atoms with E-state index >= 15 is 0 Å². The van der Waals surface area contributed by atoms with Crippen LogP contribution in [0, 0.1) is 0 Å². The molecule has 3 atom stereocenters. The second kappa shape index (κ2) is 20.0. The van der Waals surface area contributed by atoms with Gasteiger partial charge in [0.15, 0.2) is 0 Å². The average molecular weight is 459 g/mol. The van der Waals surface area contributed by atoms with Crippen molar-refractivity contribution in [2.75, 3.05) is 33.4 Å². The Kier molecular flexibility index (Phi) is 19.1. The number of carbonyl (C=O) groups excluding carboxylic acids is 3. The summed E-state index contributed by atoms with van der Waals surface area (Å²) in [6.07, 6.45) is 7.54. The van der Waals surface area contributed by atoms with Crippen LogP contribution in [-0.2, 0) is 19.1 Å². The van der Waals surface area contributed by atoms with Crippen molar-refractivity contribution < 1.29 is 19.1 Å². The van der Waals surface area contributed by atoms with E-state index in [0.29, 0.717) is 64.8 Å². The number of ketones is 1. The predicted octanol–water partition coefficient (Wildman–Crippen LogP) is -0.334. The molecule has 0 aliphatic rings. The van der Waals surface area contributed by atoms with Crippen LogP contribution in [0.25, 0.3) is 0 Å². The Morgan fingerprint density at radius 2 is 1.38 bits per heavy atom. The maximum Gasteiger partial charge on any atom is 0.242 e. The van der Waals surface area contributed by atoms with E-state index in [-0.39, 0.29) is 17.6 Å². The lowest BCUT2D eigenvalue weighted by Gasteiger charge is -2.21. The van der Waals surface area contributed by atoms with Gasteiger partial charge in [0, 0.05) is 20.1 Å². The zero-order valence-electron chi connectivity index (χ0n) is 19.8. The van der Waals surface area contributed by atoms with Gasteiger partial charge in [-0.15, -0.1) is 0 Å². The fraction of sp³-hybridized carbons (Fsp3) is 0.864. The van der Waals surface area contributed by atoms with Crippen molar-refractivity contribution in [3.05, 3.63) is 0 Å². The minimum Gasteiger partial charge on any atom is -0.383 e. The quantitative estimate of drug-likeness (QED) is 0.126. The van der Waals surface area contributed by atoms with Gasteiger partial charge in [-0.2, -0.15) is 0 Å². The first kappa shape index (κ1) is 30.4. The molecule has 0 aromatic rings. The van der Waals surface area contributed by atoms with Crippen LogP contribution in [0.3, 0.4) is 0 Å². The highest BCUT2D eigenvalue weighted by Crippen LogP contribution is 2.10. The molecule has 0 saturated heterocycles.